The SMILES string of the molecule is OC1CCCCN2CC=CC12. The van der Waals surface area contributed by atoms with Gasteiger partial charge in [0, 0.05) is 6.54 Å². The van der Waals surface area contributed by atoms with Crippen LogP contribution in [0.5, 0.6) is 0 Å². The monoisotopic (exact) mass is 153 g/mol. The molecule has 0 spiro atoms. The Morgan fingerprint density at radius 3 is 3.18 bits per heavy atom. The first kappa shape index (κ1) is 7.32. The summed E-state index contributed by atoms with van der Waals surface area (Å²) in [6.45, 7) is 2.20. The van der Waals surface area contributed by atoms with Gasteiger partial charge in [-0.05, 0) is 25.8 Å². The van der Waals surface area contributed by atoms with Gasteiger partial charge in [0.2, 0.25) is 0 Å². The minimum absolute atomic E-state index is 0.115. The van der Waals surface area contributed by atoms with Crippen LogP contribution in [-0.2, 0) is 0 Å². The van der Waals surface area contributed by atoms with E-state index in [1.807, 2.05) is 0 Å². The Morgan fingerprint density at radius 2 is 2.27 bits per heavy atom. The molecule has 2 heterocycles. The predicted octanol–water partition coefficient (Wildman–Crippen LogP) is 0.772. The lowest BCUT2D eigenvalue weighted by Crippen LogP contribution is -2.37. The largest absolute Gasteiger partial charge is 0.391 e. The minimum Gasteiger partial charge on any atom is -0.391 e. The summed E-state index contributed by atoms with van der Waals surface area (Å²) in [5.41, 5.74) is 0. The highest BCUT2D eigenvalue weighted by molar-refractivity contribution is 5.07. The number of aliphatic hydroxyl groups is 1. The Balaban J connectivity index is 2.08. The van der Waals surface area contributed by atoms with E-state index >= 15 is 0 Å². The maximum absolute atomic E-state index is 9.67. The molecule has 11 heavy (non-hydrogen) atoms. The lowest BCUT2D eigenvalue weighted by atomic mass is 10.1. The van der Waals surface area contributed by atoms with E-state index in [0.29, 0.717) is 6.04 Å². The summed E-state index contributed by atoms with van der Waals surface area (Å²) in [6, 6.07) is 0.331. The molecule has 2 atom stereocenters. The summed E-state index contributed by atoms with van der Waals surface area (Å²) in [5.74, 6) is 0. The molecule has 0 aromatic rings. The van der Waals surface area contributed by atoms with Crippen molar-refractivity contribution in [1.82, 2.24) is 4.90 Å². The molecule has 0 aromatic carbocycles. The van der Waals surface area contributed by atoms with Gasteiger partial charge < -0.3 is 5.11 Å². The van der Waals surface area contributed by atoms with Crippen molar-refractivity contribution in [3.05, 3.63) is 12.2 Å². The zero-order valence-corrected chi connectivity index (χ0v) is 6.74. The number of fused-ring (bicyclic) bond motifs is 1. The lowest BCUT2D eigenvalue weighted by Gasteiger charge is -2.24. The van der Waals surface area contributed by atoms with Gasteiger partial charge >= 0.3 is 0 Å². The summed E-state index contributed by atoms with van der Waals surface area (Å²) < 4.78 is 0. The molecule has 62 valence electrons. The molecule has 2 heteroatoms. The van der Waals surface area contributed by atoms with E-state index < -0.39 is 0 Å². The van der Waals surface area contributed by atoms with Crippen LogP contribution >= 0.6 is 0 Å². The van der Waals surface area contributed by atoms with Gasteiger partial charge in [-0.25, -0.2) is 0 Å². The van der Waals surface area contributed by atoms with Crippen LogP contribution in [0.15, 0.2) is 12.2 Å². The summed E-state index contributed by atoms with van der Waals surface area (Å²) >= 11 is 0. The van der Waals surface area contributed by atoms with Crippen LogP contribution in [0.1, 0.15) is 19.3 Å². The van der Waals surface area contributed by atoms with Gasteiger partial charge in [-0.15, -0.1) is 0 Å². The second kappa shape index (κ2) is 2.95. The Kier molecular flexibility index (Phi) is 1.96. The highest BCUT2D eigenvalue weighted by Crippen LogP contribution is 2.21. The van der Waals surface area contributed by atoms with E-state index in [-0.39, 0.29) is 6.10 Å². The quantitative estimate of drug-likeness (QED) is 0.520. The maximum atomic E-state index is 9.67. The average molecular weight is 153 g/mol. The van der Waals surface area contributed by atoms with Gasteiger partial charge in [-0.3, -0.25) is 4.90 Å². The van der Waals surface area contributed by atoms with Crippen LogP contribution in [0, 0.1) is 0 Å². The van der Waals surface area contributed by atoms with Crippen LogP contribution < -0.4 is 0 Å². The Hall–Kier alpha value is -0.340. The van der Waals surface area contributed by atoms with Crippen molar-refractivity contribution < 1.29 is 5.11 Å². The van der Waals surface area contributed by atoms with Crippen molar-refractivity contribution >= 4 is 0 Å². The molecule has 0 aliphatic carbocycles. The fraction of sp³-hybridized carbons (Fsp3) is 0.778. The third-order valence-electron chi connectivity index (χ3n) is 2.68. The van der Waals surface area contributed by atoms with Crippen molar-refractivity contribution in [2.24, 2.45) is 0 Å². The number of hydrogen-bond acceptors (Lipinski definition) is 2. The first-order valence-corrected chi connectivity index (χ1v) is 4.47. The second-order valence-electron chi connectivity index (χ2n) is 3.48. The van der Waals surface area contributed by atoms with Crippen LogP contribution in [0.2, 0.25) is 0 Å². The van der Waals surface area contributed by atoms with Gasteiger partial charge in [0.25, 0.3) is 0 Å². The molecular formula is C9H15NO. The number of aliphatic hydroxyl groups excluding tert-OH is 1. The van der Waals surface area contributed by atoms with Gasteiger partial charge in [0.15, 0.2) is 0 Å². The molecule has 1 saturated heterocycles. The van der Waals surface area contributed by atoms with Crippen molar-refractivity contribution in [2.75, 3.05) is 13.1 Å². The summed E-state index contributed by atoms with van der Waals surface area (Å²) in [5, 5.41) is 9.67. The highest BCUT2D eigenvalue weighted by atomic mass is 16.3. The molecule has 2 unspecified atom stereocenters. The first-order chi connectivity index (χ1) is 5.38. The number of hydrogen-bond donors (Lipinski definition) is 1. The van der Waals surface area contributed by atoms with Gasteiger partial charge in [-0.1, -0.05) is 12.2 Å². The molecule has 0 saturated carbocycles. The second-order valence-corrected chi connectivity index (χ2v) is 3.48. The lowest BCUT2D eigenvalue weighted by molar-refractivity contribution is 0.0962. The molecule has 1 N–H and O–H groups in total. The van der Waals surface area contributed by atoms with E-state index in [1.165, 1.54) is 12.8 Å². The number of rotatable bonds is 0. The number of nitrogens with zero attached hydrogens (tertiary/aromatic N) is 1. The third-order valence-corrected chi connectivity index (χ3v) is 2.68. The standard InChI is InChI=1S/C9H15NO/c11-9-5-1-2-6-10-7-3-4-8(9)10/h3-4,8-9,11H,1-2,5-7H2. The van der Waals surface area contributed by atoms with E-state index in [1.54, 1.807) is 0 Å². The van der Waals surface area contributed by atoms with Crippen LogP contribution in [0.4, 0.5) is 0 Å². The van der Waals surface area contributed by atoms with Crippen molar-refractivity contribution in [3.8, 4) is 0 Å². The molecule has 2 aliphatic heterocycles. The van der Waals surface area contributed by atoms with E-state index in [2.05, 4.69) is 17.1 Å². The highest BCUT2D eigenvalue weighted by Gasteiger charge is 2.27. The Morgan fingerprint density at radius 1 is 1.36 bits per heavy atom. The zero-order valence-electron chi connectivity index (χ0n) is 6.74. The fourth-order valence-electron chi connectivity index (χ4n) is 2.03. The topological polar surface area (TPSA) is 23.5 Å². The van der Waals surface area contributed by atoms with Crippen LogP contribution in [0.25, 0.3) is 0 Å². The van der Waals surface area contributed by atoms with Gasteiger partial charge in [-0.2, -0.15) is 0 Å². The Labute approximate surface area is 67.5 Å². The predicted molar refractivity (Wildman–Crippen MR) is 44.4 cm³/mol. The van der Waals surface area contributed by atoms with Gasteiger partial charge in [0.05, 0.1) is 12.1 Å². The Bertz CT molecular complexity index is 167. The minimum atomic E-state index is -0.115. The maximum Gasteiger partial charge on any atom is 0.0731 e. The van der Waals surface area contributed by atoms with Crippen LogP contribution in [-0.4, -0.2) is 35.2 Å². The van der Waals surface area contributed by atoms with Crippen LogP contribution in [0.3, 0.4) is 0 Å². The molecule has 0 aromatic heterocycles. The zero-order chi connectivity index (χ0) is 7.68. The normalized spacial score (nSPS) is 38.6. The average Bonchev–Trinajstić information content (AvgIpc) is 2.40. The molecule has 2 aliphatic rings. The van der Waals surface area contributed by atoms with E-state index in [0.717, 1.165) is 19.5 Å². The first-order valence-electron chi connectivity index (χ1n) is 4.47. The van der Waals surface area contributed by atoms with Crippen molar-refractivity contribution in [1.29, 1.82) is 0 Å². The van der Waals surface area contributed by atoms with Crippen molar-refractivity contribution in [2.45, 2.75) is 31.4 Å². The fourth-order valence-corrected chi connectivity index (χ4v) is 2.03. The van der Waals surface area contributed by atoms with E-state index in [4.69, 9.17) is 0 Å². The van der Waals surface area contributed by atoms with E-state index in [9.17, 15) is 5.11 Å². The molecule has 0 amide bonds. The van der Waals surface area contributed by atoms with Gasteiger partial charge in [0.1, 0.15) is 0 Å². The summed E-state index contributed by atoms with van der Waals surface area (Å²) in [7, 11) is 0. The summed E-state index contributed by atoms with van der Waals surface area (Å²) in [4.78, 5) is 2.36. The molecule has 1 fully saturated rings. The molecule has 2 rings (SSSR count). The third kappa shape index (κ3) is 1.33. The molecule has 0 radical (unpaired) electrons. The molecule has 0 bridgehead atoms. The smallest absolute Gasteiger partial charge is 0.0731 e. The molecular weight excluding hydrogens is 138 g/mol. The molecule has 2 nitrogen and oxygen atoms in total. The van der Waals surface area contributed by atoms with Crippen molar-refractivity contribution in [3.63, 3.8) is 0 Å². The summed E-state index contributed by atoms with van der Waals surface area (Å²) in [6.07, 6.45) is 7.61.